The average molecular weight is 580 g/mol. The van der Waals surface area contributed by atoms with Gasteiger partial charge < -0.3 is 25.2 Å². The van der Waals surface area contributed by atoms with Crippen LogP contribution in [0, 0.1) is 36.2 Å². The van der Waals surface area contributed by atoms with Crippen molar-refractivity contribution in [3.05, 3.63) is 71.2 Å². The number of hydrogen-bond acceptors (Lipinski definition) is 8. The van der Waals surface area contributed by atoms with Crippen LogP contribution < -0.4 is 0 Å². The van der Waals surface area contributed by atoms with E-state index in [9.17, 15) is 33.6 Å². The molecule has 2 aliphatic rings. The lowest BCUT2D eigenvalue weighted by atomic mass is 9.60. The maximum Gasteiger partial charge on any atom is 0.194 e. The molecule has 216 valence electrons. The summed E-state index contributed by atoms with van der Waals surface area (Å²) in [6, 6.07) is 8.03. The molecule has 8 nitrogen and oxygen atoms in total. The zero-order valence-corrected chi connectivity index (χ0v) is 23.0. The summed E-state index contributed by atoms with van der Waals surface area (Å²) < 4.78 is 48.2. The minimum Gasteiger partial charge on any atom is -0.394 e. The molecular formula is C28H32F3N3O5S. The molecule has 5 rings (SSSR count). The standard InChI is InChI=1S/C28H32F3N3O5S/c1-13-6-4-5-7-17(13)26(28(38)10-14(2)15(28)3)40-27-25(37)23(24(36)21(12-35)39-27)34-11-20(32-33-34)16-8-18(29)22(31)19(30)9-16/h4-9,11,14-15,21,23-27,35-38H,10,12H2,1-3H3/t14-,15+,21-,23+,24+,25-,26?,27+,28?/m1/s1. The predicted octanol–water partition coefficient (Wildman–Crippen LogP) is 3.53. The summed E-state index contributed by atoms with van der Waals surface area (Å²) in [4.78, 5) is 0. The Labute approximate surface area is 233 Å². The maximum atomic E-state index is 13.8. The van der Waals surface area contributed by atoms with Crippen LogP contribution in [-0.2, 0) is 4.74 Å². The molecule has 2 heterocycles. The molecule has 12 heteroatoms. The first-order chi connectivity index (χ1) is 19.0. The fourth-order valence-electron chi connectivity index (χ4n) is 5.78. The number of hydrogen-bond donors (Lipinski definition) is 4. The second-order valence-corrected chi connectivity index (χ2v) is 12.1. The van der Waals surface area contributed by atoms with Crippen LogP contribution in [0.15, 0.2) is 42.6 Å². The number of rotatable bonds is 7. The molecule has 4 N–H and O–H groups in total. The molecule has 1 saturated carbocycles. The molecule has 40 heavy (non-hydrogen) atoms. The van der Waals surface area contributed by atoms with Gasteiger partial charge in [0.05, 0.1) is 23.7 Å². The van der Waals surface area contributed by atoms with E-state index in [1.54, 1.807) is 0 Å². The number of ether oxygens (including phenoxy) is 1. The van der Waals surface area contributed by atoms with Crippen LogP contribution in [0.25, 0.3) is 11.3 Å². The Balaban J connectivity index is 1.48. The van der Waals surface area contributed by atoms with Gasteiger partial charge in [0.15, 0.2) is 17.5 Å². The lowest BCUT2D eigenvalue weighted by Crippen LogP contribution is -2.58. The minimum absolute atomic E-state index is 0.0159. The lowest BCUT2D eigenvalue weighted by Gasteiger charge is -2.54. The van der Waals surface area contributed by atoms with Crippen LogP contribution in [0.4, 0.5) is 13.2 Å². The molecule has 3 aromatic rings. The molecular weight excluding hydrogens is 547 g/mol. The first kappa shape index (κ1) is 29.0. The van der Waals surface area contributed by atoms with Crippen molar-refractivity contribution in [2.75, 3.05) is 6.61 Å². The zero-order valence-electron chi connectivity index (χ0n) is 22.2. The normalized spacial score (nSPS) is 33.0. The third kappa shape index (κ3) is 4.94. The van der Waals surface area contributed by atoms with E-state index >= 15 is 0 Å². The van der Waals surface area contributed by atoms with Crippen molar-refractivity contribution < 1.29 is 38.3 Å². The first-order valence-corrected chi connectivity index (χ1v) is 14.0. The highest BCUT2D eigenvalue weighted by atomic mass is 32.2. The van der Waals surface area contributed by atoms with Crippen LogP contribution in [0.3, 0.4) is 0 Å². The van der Waals surface area contributed by atoms with Crippen molar-refractivity contribution in [1.82, 2.24) is 15.0 Å². The highest BCUT2D eigenvalue weighted by Crippen LogP contribution is 2.57. The van der Waals surface area contributed by atoms with Crippen molar-refractivity contribution in [3.8, 4) is 11.3 Å². The molecule has 1 saturated heterocycles. The van der Waals surface area contributed by atoms with Crippen LogP contribution >= 0.6 is 11.8 Å². The van der Waals surface area contributed by atoms with Gasteiger partial charge >= 0.3 is 0 Å². The van der Waals surface area contributed by atoms with Crippen molar-refractivity contribution >= 4 is 11.8 Å². The molecule has 0 bridgehead atoms. The van der Waals surface area contributed by atoms with E-state index in [4.69, 9.17) is 4.74 Å². The van der Waals surface area contributed by atoms with E-state index in [0.29, 0.717) is 12.3 Å². The summed E-state index contributed by atoms with van der Waals surface area (Å²) in [5.74, 6) is -4.14. The Hall–Kier alpha value is -2.48. The Bertz CT molecular complexity index is 1360. The van der Waals surface area contributed by atoms with Gasteiger partial charge in [-0.05, 0) is 48.4 Å². The van der Waals surface area contributed by atoms with Crippen molar-refractivity contribution in [3.63, 3.8) is 0 Å². The van der Waals surface area contributed by atoms with E-state index < -0.39 is 64.7 Å². The largest absolute Gasteiger partial charge is 0.394 e. The highest BCUT2D eigenvalue weighted by molar-refractivity contribution is 8.00. The number of halogens is 3. The van der Waals surface area contributed by atoms with Gasteiger partial charge in [-0.1, -0.05) is 43.3 Å². The third-order valence-corrected chi connectivity index (χ3v) is 10.0. The Morgan fingerprint density at radius 3 is 2.40 bits per heavy atom. The monoisotopic (exact) mass is 579 g/mol. The van der Waals surface area contributed by atoms with Gasteiger partial charge in [0.2, 0.25) is 0 Å². The van der Waals surface area contributed by atoms with E-state index in [0.717, 1.165) is 27.9 Å². The summed E-state index contributed by atoms with van der Waals surface area (Å²) in [5, 5.41) is 51.6. The Morgan fingerprint density at radius 2 is 1.80 bits per heavy atom. The molecule has 1 aliphatic heterocycles. The first-order valence-electron chi connectivity index (χ1n) is 13.1. The fourth-order valence-corrected chi connectivity index (χ4v) is 7.54. The molecule has 2 aromatic carbocycles. The van der Waals surface area contributed by atoms with E-state index in [-0.39, 0.29) is 17.2 Å². The molecule has 1 aromatic heterocycles. The molecule has 0 amide bonds. The van der Waals surface area contributed by atoms with Gasteiger partial charge in [-0.3, -0.25) is 0 Å². The number of aliphatic hydroxyl groups excluding tert-OH is 3. The highest BCUT2D eigenvalue weighted by Gasteiger charge is 2.56. The van der Waals surface area contributed by atoms with Crippen LogP contribution in [-0.4, -0.2) is 71.4 Å². The van der Waals surface area contributed by atoms with Crippen molar-refractivity contribution in [2.24, 2.45) is 11.8 Å². The second-order valence-electron chi connectivity index (χ2n) is 10.9. The number of thioether (sulfide) groups is 1. The molecule has 9 atom stereocenters. The lowest BCUT2D eigenvalue weighted by molar-refractivity contribution is -0.179. The SMILES string of the molecule is Cc1ccccc1C(S[C@@H]1O[C@H](CO)[C@H](O)[C@H](n2cc(-c3cc(F)c(F)c(F)c3)nn2)[C@H]1O)C1(O)C[C@@H](C)[C@@H]1C. The predicted molar refractivity (Wildman–Crippen MR) is 142 cm³/mol. The van der Waals surface area contributed by atoms with Gasteiger partial charge in [-0.2, -0.15) is 0 Å². The fraction of sp³-hybridized carbons (Fsp3) is 0.500. The maximum absolute atomic E-state index is 13.8. The Morgan fingerprint density at radius 1 is 1.12 bits per heavy atom. The number of aryl methyl sites for hydroxylation is 1. The second kappa shape index (κ2) is 11.1. The molecule has 0 radical (unpaired) electrons. The molecule has 2 fully saturated rings. The number of benzene rings is 2. The molecule has 1 aliphatic carbocycles. The number of nitrogens with zero attached hydrogens (tertiary/aromatic N) is 3. The van der Waals surface area contributed by atoms with E-state index in [1.165, 1.54) is 18.0 Å². The van der Waals surface area contributed by atoms with Gasteiger partial charge in [0.1, 0.15) is 35.5 Å². The summed E-state index contributed by atoms with van der Waals surface area (Å²) >= 11 is 1.21. The van der Waals surface area contributed by atoms with Crippen LogP contribution in [0.5, 0.6) is 0 Å². The van der Waals surface area contributed by atoms with E-state index in [1.807, 2.05) is 38.1 Å². The van der Waals surface area contributed by atoms with Crippen molar-refractivity contribution in [2.45, 2.75) is 67.8 Å². The van der Waals surface area contributed by atoms with E-state index in [2.05, 4.69) is 17.2 Å². The molecule has 0 spiro atoms. The summed E-state index contributed by atoms with van der Waals surface area (Å²) in [7, 11) is 0. The average Bonchev–Trinajstić information content (AvgIpc) is 3.41. The van der Waals surface area contributed by atoms with Crippen LogP contribution in [0.2, 0.25) is 0 Å². The third-order valence-electron chi connectivity index (χ3n) is 8.43. The topological polar surface area (TPSA) is 121 Å². The van der Waals surface area contributed by atoms with Gasteiger partial charge in [-0.25, -0.2) is 17.9 Å². The smallest absolute Gasteiger partial charge is 0.194 e. The van der Waals surface area contributed by atoms with Gasteiger partial charge in [0, 0.05) is 5.56 Å². The quantitative estimate of drug-likeness (QED) is 0.314. The number of aromatic nitrogens is 3. The van der Waals surface area contributed by atoms with Gasteiger partial charge in [-0.15, -0.1) is 16.9 Å². The minimum atomic E-state index is -1.61. The molecule has 2 unspecified atom stereocenters. The summed E-state index contributed by atoms with van der Waals surface area (Å²) in [6.45, 7) is 5.43. The summed E-state index contributed by atoms with van der Waals surface area (Å²) in [6.07, 6.45) is -2.09. The number of aliphatic hydroxyl groups is 4. The van der Waals surface area contributed by atoms with Crippen molar-refractivity contribution in [1.29, 1.82) is 0 Å². The Kier molecular flexibility index (Phi) is 8.03. The summed E-state index contributed by atoms with van der Waals surface area (Å²) in [5.41, 5.74) is -0.347. The van der Waals surface area contributed by atoms with Gasteiger partial charge in [0.25, 0.3) is 0 Å². The zero-order chi connectivity index (χ0) is 28.9. The van der Waals surface area contributed by atoms with Crippen LogP contribution in [0.1, 0.15) is 42.7 Å².